The number of nitrogens with one attached hydrogen (secondary N) is 1. The Hall–Kier alpha value is -0.980. The van der Waals surface area contributed by atoms with Crippen molar-refractivity contribution in [2.24, 2.45) is 0 Å². The van der Waals surface area contributed by atoms with Crippen LogP contribution >= 0.6 is 15.9 Å². The molecule has 1 unspecified atom stereocenters. The largest absolute Gasteiger partial charge is 0.316 e. The maximum Gasteiger partial charge on any atom is 0.275 e. The third-order valence-corrected chi connectivity index (χ3v) is 3.81. The minimum Gasteiger partial charge on any atom is -0.316 e. The first-order valence-electron chi connectivity index (χ1n) is 5.92. The Morgan fingerprint density at radius 1 is 1.61 bits per heavy atom. The zero-order valence-corrected chi connectivity index (χ0v) is 11.8. The van der Waals surface area contributed by atoms with Crippen LogP contribution in [0.4, 0.5) is 5.69 Å². The van der Waals surface area contributed by atoms with E-state index in [1.165, 1.54) is 0 Å². The predicted molar refractivity (Wildman–Crippen MR) is 73.5 cm³/mol. The Labute approximate surface area is 114 Å². The molecule has 1 heterocycles. The molecule has 1 aromatic carbocycles. The van der Waals surface area contributed by atoms with Crippen LogP contribution in [-0.2, 0) is 6.54 Å². The first-order valence-corrected chi connectivity index (χ1v) is 6.72. The van der Waals surface area contributed by atoms with Gasteiger partial charge in [-0.3, -0.25) is 15.0 Å². The Balaban J connectivity index is 2.12. The molecule has 0 radical (unpaired) electrons. The van der Waals surface area contributed by atoms with Crippen molar-refractivity contribution >= 4 is 21.6 Å². The van der Waals surface area contributed by atoms with Crippen LogP contribution in [0, 0.1) is 10.1 Å². The van der Waals surface area contributed by atoms with E-state index >= 15 is 0 Å². The van der Waals surface area contributed by atoms with E-state index in [-0.39, 0.29) is 10.6 Å². The average Bonchev–Trinajstić information content (AvgIpc) is 2.79. The summed E-state index contributed by atoms with van der Waals surface area (Å²) in [5.74, 6) is 0. The number of likely N-dealkylation sites (N-methyl/N-ethyl adjacent to an activating group) is 1. The van der Waals surface area contributed by atoms with Crippen LogP contribution in [0.5, 0.6) is 0 Å². The maximum absolute atomic E-state index is 11.0. The molecular formula is C12H16BrN3O2. The van der Waals surface area contributed by atoms with Crippen LogP contribution in [0.3, 0.4) is 0 Å². The van der Waals surface area contributed by atoms with Gasteiger partial charge in [0.05, 0.1) is 4.92 Å². The molecule has 98 valence electrons. The Morgan fingerprint density at radius 2 is 2.39 bits per heavy atom. The maximum atomic E-state index is 11.0. The van der Waals surface area contributed by atoms with Gasteiger partial charge in [0.1, 0.15) is 0 Å². The average molecular weight is 314 g/mol. The van der Waals surface area contributed by atoms with Crippen LogP contribution in [0.2, 0.25) is 0 Å². The predicted octanol–water partition coefficient (Wildman–Crippen LogP) is 2.15. The molecule has 0 spiro atoms. The number of likely N-dealkylation sites (tertiary alicyclic amines) is 1. The van der Waals surface area contributed by atoms with Crippen molar-refractivity contribution in [1.82, 2.24) is 10.2 Å². The molecule has 1 fully saturated rings. The van der Waals surface area contributed by atoms with E-state index in [1.807, 2.05) is 19.2 Å². The zero-order chi connectivity index (χ0) is 13.1. The smallest absolute Gasteiger partial charge is 0.275 e. The molecule has 1 N–H and O–H groups in total. The second-order valence-electron chi connectivity index (χ2n) is 4.54. The van der Waals surface area contributed by atoms with E-state index < -0.39 is 0 Å². The van der Waals surface area contributed by atoms with E-state index in [0.717, 1.165) is 29.5 Å². The first kappa shape index (κ1) is 13.5. The molecule has 18 heavy (non-hydrogen) atoms. The van der Waals surface area contributed by atoms with E-state index in [2.05, 4.69) is 26.1 Å². The number of hydrogen-bond acceptors (Lipinski definition) is 4. The normalized spacial score (nSPS) is 20.2. The Morgan fingerprint density at radius 3 is 3.00 bits per heavy atom. The van der Waals surface area contributed by atoms with Gasteiger partial charge in [0.2, 0.25) is 0 Å². The van der Waals surface area contributed by atoms with Gasteiger partial charge in [0, 0.05) is 41.8 Å². The summed E-state index contributed by atoms with van der Waals surface area (Å²) in [6.45, 7) is 2.57. The summed E-state index contributed by atoms with van der Waals surface area (Å²) in [6, 6.07) is 5.75. The van der Waals surface area contributed by atoms with Gasteiger partial charge in [0.25, 0.3) is 5.69 Å². The quantitative estimate of drug-likeness (QED) is 0.683. The lowest BCUT2D eigenvalue weighted by molar-refractivity contribution is -0.385. The molecule has 0 aromatic heterocycles. The van der Waals surface area contributed by atoms with E-state index in [4.69, 9.17) is 0 Å². The molecule has 1 atom stereocenters. The lowest BCUT2D eigenvalue weighted by atomic mass is 10.1. The number of halogens is 1. The van der Waals surface area contributed by atoms with Crippen molar-refractivity contribution < 1.29 is 4.92 Å². The fourth-order valence-electron chi connectivity index (χ4n) is 2.29. The van der Waals surface area contributed by atoms with Gasteiger partial charge < -0.3 is 5.32 Å². The Kier molecular flexibility index (Phi) is 4.31. The van der Waals surface area contributed by atoms with Crippen molar-refractivity contribution in [2.75, 3.05) is 20.1 Å². The van der Waals surface area contributed by atoms with Crippen LogP contribution in [0.25, 0.3) is 0 Å². The minimum absolute atomic E-state index is 0.192. The van der Waals surface area contributed by atoms with Gasteiger partial charge in [-0.05, 0) is 25.6 Å². The lowest BCUT2D eigenvalue weighted by Gasteiger charge is -2.16. The van der Waals surface area contributed by atoms with Gasteiger partial charge in [-0.15, -0.1) is 0 Å². The summed E-state index contributed by atoms with van der Waals surface area (Å²) in [5.41, 5.74) is 0.970. The SMILES string of the molecule is CNC1CCN(Cc2ccc(Br)cc2[N+](=O)[O-])C1. The third-order valence-electron chi connectivity index (χ3n) is 3.32. The lowest BCUT2D eigenvalue weighted by Crippen LogP contribution is -2.29. The van der Waals surface area contributed by atoms with Gasteiger partial charge in [0.15, 0.2) is 0 Å². The highest BCUT2D eigenvalue weighted by Crippen LogP contribution is 2.25. The zero-order valence-electron chi connectivity index (χ0n) is 10.2. The molecule has 6 heteroatoms. The molecule has 1 aromatic rings. The van der Waals surface area contributed by atoms with Crippen molar-refractivity contribution in [2.45, 2.75) is 19.0 Å². The number of hydrogen-bond donors (Lipinski definition) is 1. The van der Waals surface area contributed by atoms with Crippen LogP contribution < -0.4 is 5.32 Å². The van der Waals surface area contributed by atoms with E-state index in [9.17, 15) is 10.1 Å². The summed E-state index contributed by atoms with van der Waals surface area (Å²) in [4.78, 5) is 13.0. The van der Waals surface area contributed by atoms with Crippen molar-refractivity contribution in [3.63, 3.8) is 0 Å². The van der Waals surface area contributed by atoms with Crippen LogP contribution in [0.15, 0.2) is 22.7 Å². The van der Waals surface area contributed by atoms with Crippen molar-refractivity contribution in [3.05, 3.63) is 38.3 Å². The number of nitro groups is 1. The molecule has 1 saturated heterocycles. The molecule has 0 bridgehead atoms. The monoisotopic (exact) mass is 313 g/mol. The Bertz CT molecular complexity index is 453. The van der Waals surface area contributed by atoms with E-state index in [1.54, 1.807) is 6.07 Å². The van der Waals surface area contributed by atoms with Crippen LogP contribution in [-0.4, -0.2) is 36.0 Å². The second kappa shape index (κ2) is 5.77. The molecule has 5 nitrogen and oxygen atoms in total. The number of benzene rings is 1. The fraction of sp³-hybridized carbons (Fsp3) is 0.500. The summed E-state index contributed by atoms with van der Waals surface area (Å²) in [6.07, 6.45) is 1.10. The summed E-state index contributed by atoms with van der Waals surface area (Å²) < 4.78 is 0.743. The molecule has 1 aliphatic rings. The minimum atomic E-state index is -0.314. The third kappa shape index (κ3) is 3.07. The second-order valence-corrected chi connectivity index (χ2v) is 5.46. The highest BCUT2D eigenvalue weighted by molar-refractivity contribution is 9.10. The topological polar surface area (TPSA) is 58.4 Å². The molecule has 0 amide bonds. The molecule has 2 rings (SSSR count). The van der Waals surface area contributed by atoms with Crippen LogP contribution in [0.1, 0.15) is 12.0 Å². The van der Waals surface area contributed by atoms with Gasteiger partial charge >= 0.3 is 0 Å². The molecule has 1 aliphatic heterocycles. The molecule has 0 saturated carbocycles. The van der Waals surface area contributed by atoms with E-state index in [0.29, 0.717) is 12.6 Å². The molecular weight excluding hydrogens is 298 g/mol. The standard InChI is InChI=1S/C12H16BrN3O2/c1-14-11-4-5-15(8-11)7-9-2-3-10(13)6-12(9)16(17)18/h2-3,6,11,14H,4-5,7-8H2,1H3. The first-order chi connectivity index (χ1) is 8.60. The van der Waals surface area contributed by atoms with Gasteiger partial charge in [-0.2, -0.15) is 0 Å². The molecule has 0 aliphatic carbocycles. The van der Waals surface area contributed by atoms with Crippen molar-refractivity contribution in [1.29, 1.82) is 0 Å². The van der Waals surface area contributed by atoms with Gasteiger partial charge in [-0.1, -0.05) is 15.9 Å². The van der Waals surface area contributed by atoms with Gasteiger partial charge in [-0.25, -0.2) is 0 Å². The van der Waals surface area contributed by atoms with Crippen molar-refractivity contribution in [3.8, 4) is 0 Å². The summed E-state index contributed by atoms with van der Waals surface area (Å²) in [5, 5.41) is 14.3. The fourth-order valence-corrected chi connectivity index (χ4v) is 2.64. The highest BCUT2D eigenvalue weighted by atomic mass is 79.9. The number of rotatable bonds is 4. The highest BCUT2D eigenvalue weighted by Gasteiger charge is 2.23. The summed E-state index contributed by atoms with van der Waals surface area (Å²) >= 11 is 3.27. The number of nitro benzene ring substituents is 1. The summed E-state index contributed by atoms with van der Waals surface area (Å²) in [7, 11) is 1.95. The number of nitrogens with zero attached hydrogens (tertiary/aromatic N) is 2.